The fourth-order valence-electron chi connectivity index (χ4n) is 8.34. The Labute approximate surface area is 244 Å². The Bertz CT molecular complexity index is 642. The maximum absolute atomic E-state index is 6.10. The molecule has 224 valence electrons. The second-order valence-corrected chi connectivity index (χ2v) is 14.9. The van der Waals surface area contributed by atoms with Crippen LogP contribution < -0.4 is 0 Å². The Hall–Kier alpha value is -0.560. The van der Waals surface area contributed by atoms with Crippen LogP contribution in [0.5, 0.6) is 0 Å². The average Bonchev–Trinajstić information content (AvgIpc) is 2.96. The third kappa shape index (κ3) is 12.5. The molecule has 4 aliphatic rings. The van der Waals surface area contributed by atoms with Crippen LogP contribution in [0.2, 0.25) is 0 Å². The highest BCUT2D eigenvalue weighted by Crippen LogP contribution is 2.35. The minimum absolute atomic E-state index is 0.937. The van der Waals surface area contributed by atoms with Crippen LogP contribution in [0, 0.1) is 35.5 Å². The molecule has 0 aromatic carbocycles. The normalized spacial score (nSPS) is 32.1. The van der Waals surface area contributed by atoms with E-state index in [1.807, 2.05) is 0 Å². The number of unbranched alkanes of at least 4 members (excludes halogenated alkanes) is 2. The van der Waals surface area contributed by atoms with Crippen molar-refractivity contribution in [2.45, 2.75) is 168 Å². The van der Waals surface area contributed by atoms with Crippen molar-refractivity contribution in [3.05, 3.63) is 23.3 Å². The van der Waals surface area contributed by atoms with Gasteiger partial charge in [0.15, 0.2) is 0 Å². The molecular weight excluding hydrogens is 472 g/mol. The smallest absolute Gasteiger partial charge is 0.0503 e. The van der Waals surface area contributed by atoms with Crippen LogP contribution in [-0.2, 0) is 4.74 Å². The molecule has 1 heteroatoms. The lowest BCUT2D eigenvalue weighted by Crippen LogP contribution is -2.12. The topological polar surface area (TPSA) is 9.23 Å². The molecule has 2 saturated carbocycles. The van der Waals surface area contributed by atoms with Crippen molar-refractivity contribution in [2.24, 2.45) is 35.5 Å². The van der Waals surface area contributed by atoms with Crippen LogP contribution in [0.4, 0.5) is 0 Å². The number of rotatable bonds is 16. The van der Waals surface area contributed by atoms with Crippen LogP contribution >= 0.6 is 0 Å². The van der Waals surface area contributed by atoms with Gasteiger partial charge in [0, 0.05) is 0 Å². The van der Waals surface area contributed by atoms with Gasteiger partial charge in [-0.1, -0.05) is 140 Å². The Morgan fingerprint density at radius 1 is 0.513 bits per heavy atom. The lowest BCUT2D eigenvalue weighted by molar-refractivity contribution is 0.138. The molecule has 0 aromatic heterocycles. The van der Waals surface area contributed by atoms with E-state index in [0.717, 1.165) is 48.7 Å². The first-order chi connectivity index (χ1) is 19.1. The summed E-state index contributed by atoms with van der Waals surface area (Å²) in [7, 11) is 0. The third-order valence-corrected chi connectivity index (χ3v) is 11.6. The van der Waals surface area contributed by atoms with Gasteiger partial charge in [0.1, 0.15) is 0 Å². The van der Waals surface area contributed by atoms with E-state index in [2.05, 4.69) is 26.0 Å². The van der Waals surface area contributed by atoms with Crippen LogP contribution in [0.3, 0.4) is 0 Å². The SMILES string of the molecule is CC1CCC(CCCCC2CC=C(CCOCCC3=CCC(CCCCC4CCC(C)CC4)CC3)CC2)CC1. The van der Waals surface area contributed by atoms with Crippen molar-refractivity contribution in [2.75, 3.05) is 13.2 Å². The quantitative estimate of drug-likeness (QED) is 0.140. The molecule has 0 aliphatic heterocycles. The molecular formula is C38H66O. The van der Waals surface area contributed by atoms with E-state index in [9.17, 15) is 0 Å². The second kappa shape index (κ2) is 18.1. The molecule has 39 heavy (non-hydrogen) atoms. The van der Waals surface area contributed by atoms with Gasteiger partial charge in [-0.2, -0.15) is 0 Å². The summed E-state index contributed by atoms with van der Waals surface area (Å²) >= 11 is 0. The molecule has 4 aliphatic carbocycles. The number of hydrogen-bond donors (Lipinski definition) is 0. The van der Waals surface area contributed by atoms with Gasteiger partial charge in [-0.05, 0) is 86.9 Å². The number of allylic oxidation sites excluding steroid dienone is 2. The fraction of sp³-hybridized carbons (Fsp3) is 0.895. The van der Waals surface area contributed by atoms with E-state index in [1.54, 1.807) is 11.1 Å². The van der Waals surface area contributed by atoms with E-state index in [0.29, 0.717) is 0 Å². The monoisotopic (exact) mass is 539 g/mol. The molecule has 2 atom stereocenters. The first-order valence-corrected chi connectivity index (χ1v) is 18.1. The van der Waals surface area contributed by atoms with Gasteiger partial charge in [-0.15, -0.1) is 0 Å². The number of hydrogen-bond acceptors (Lipinski definition) is 1. The van der Waals surface area contributed by atoms with E-state index >= 15 is 0 Å². The third-order valence-electron chi connectivity index (χ3n) is 11.6. The van der Waals surface area contributed by atoms with Crippen molar-refractivity contribution in [1.82, 2.24) is 0 Å². The first kappa shape index (κ1) is 31.4. The summed E-state index contributed by atoms with van der Waals surface area (Å²) in [4.78, 5) is 0. The molecule has 1 nitrogen and oxygen atoms in total. The molecule has 0 amide bonds. The molecule has 0 heterocycles. The summed E-state index contributed by atoms with van der Waals surface area (Å²) < 4.78 is 6.10. The maximum atomic E-state index is 6.10. The Kier molecular flexibility index (Phi) is 14.5. The van der Waals surface area contributed by atoms with E-state index in [-0.39, 0.29) is 0 Å². The number of ether oxygens (including phenoxy) is 1. The van der Waals surface area contributed by atoms with Crippen molar-refractivity contribution in [1.29, 1.82) is 0 Å². The molecule has 0 N–H and O–H groups in total. The van der Waals surface area contributed by atoms with E-state index in [4.69, 9.17) is 4.74 Å². The highest BCUT2D eigenvalue weighted by Gasteiger charge is 2.20. The van der Waals surface area contributed by atoms with Crippen LogP contribution in [0.15, 0.2) is 23.3 Å². The molecule has 0 bridgehead atoms. The molecule has 2 fully saturated rings. The van der Waals surface area contributed by atoms with Gasteiger partial charge in [-0.3, -0.25) is 0 Å². The van der Waals surface area contributed by atoms with Crippen molar-refractivity contribution >= 4 is 0 Å². The predicted octanol–water partition coefficient (Wildman–Crippen LogP) is 12.0. The zero-order valence-electron chi connectivity index (χ0n) is 26.4. The Morgan fingerprint density at radius 3 is 1.26 bits per heavy atom. The van der Waals surface area contributed by atoms with E-state index in [1.165, 1.54) is 154 Å². The lowest BCUT2D eigenvalue weighted by Gasteiger charge is -2.26. The largest absolute Gasteiger partial charge is 0.381 e. The summed E-state index contributed by atoms with van der Waals surface area (Å²) in [5.74, 6) is 6.03. The van der Waals surface area contributed by atoms with Crippen LogP contribution in [0.1, 0.15) is 168 Å². The van der Waals surface area contributed by atoms with Gasteiger partial charge in [-0.25, -0.2) is 0 Å². The molecule has 2 unspecified atom stereocenters. The fourth-order valence-corrected chi connectivity index (χ4v) is 8.34. The lowest BCUT2D eigenvalue weighted by atomic mass is 9.80. The molecule has 0 saturated heterocycles. The standard InChI is InChI=1S/C38H66O/c1-31-11-15-33(16-12-31)7-3-5-9-35-19-23-37(24-20-35)27-29-39-30-28-38-25-21-36(22-26-38)10-6-4-8-34-17-13-32(2)14-18-34/h23,25,31-36H,3-22,24,26-30H2,1-2H3. The highest BCUT2D eigenvalue weighted by atomic mass is 16.5. The van der Waals surface area contributed by atoms with Crippen LogP contribution in [-0.4, -0.2) is 13.2 Å². The molecule has 0 radical (unpaired) electrons. The minimum Gasteiger partial charge on any atom is -0.381 e. The van der Waals surface area contributed by atoms with Gasteiger partial charge in [0.2, 0.25) is 0 Å². The van der Waals surface area contributed by atoms with Gasteiger partial charge >= 0.3 is 0 Å². The summed E-state index contributed by atoms with van der Waals surface area (Å²) in [5.41, 5.74) is 3.36. The van der Waals surface area contributed by atoms with Gasteiger partial charge < -0.3 is 4.74 Å². The van der Waals surface area contributed by atoms with Crippen LogP contribution in [0.25, 0.3) is 0 Å². The Morgan fingerprint density at radius 2 is 0.897 bits per heavy atom. The van der Waals surface area contributed by atoms with Gasteiger partial charge in [0.25, 0.3) is 0 Å². The summed E-state index contributed by atoms with van der Waals surface area (Å²) in [6, 6.07) is 0. The second-order valence-electron chi connectivity index (χ2n) is 14.9. The molecule has 0 spiro atoms. The first-order valence-electron chi connectivity index (χ1n) is 18.1. The summed E-state index contributed by atoms with van der Waals surface area (Å²) in [5, 5.41) is 0. The summed E-state index contributed by atoms with van der Waals surface area (Å²) in [6.45, 7) is 6.76. The maximum Gasteiger partial charge on any atom is 0.0503 e. The molecule has 0 aromatic rings. The zero-order chi connectivity index (χ0) is 27.1. The Balaban J connectivity index is 0.948. The van der Waals surface area contributed by atoms with Gasteiger partial charge in [0.05, 0.1) is 13.2 Å². The van der Waals surface area contributed by atoms with E-state index < -0.39 is 0 Å². The minimum atomic E-state index is 0.937. The predicted molar refractivity (Wildman–Crippen MR) is 170 cm³/mol. The van der Waals surface area contributed by atoms with Crippen molar-refractivity contribution in [3.63, 3.8) is 0 Å². The zero-order valence-corrected chi connectivity index (χ0v) is 26.4. The average molecular weight is 539 g/mol. The highest BCUT2D eigenvalue weighted by molar-refractivity contribution is 5.07. The molecule has 4 rings (SSSR count). The summed E-state index contributed by atoms with van der Waals surface area (Å²) in [6.07, 6.45) is 39.6. The van der Waals surface area contributed by atoms with Crippen molar-refractivity contribution < 1.29 is 4.74 Å². The van der Waals surface area contributed by atoms with Crippen molar-refractivity contribution in [3.8, 4) is 0 Å².